The number of hydrogen-bond acceptors (Lipinski definition) is 2. The van der Waals surface area contributed by atoms with E-state index in [0.29, 0.717) is 11.5 Å². The predicted molar refractivity (Wildman–Crippen MR) is 82.1 cm³/mol. The molecule has 0 aliphatic heterocycles. The van der Waals surface area contributed by atoms with Crippen molar-refractivity contribution >= 4 is 24.2 Å². The van der Waals surface area contributed by atoms with Crippen LogP contribution in [0.25, 0.3) is 0 Å². The third-order valence-corrected chi connectivity index (χ3v) is 3.38. The summed E-state index contributed by atoms with van der Waals surface area (Å²) >= 11 is 3.99. The summed E-state index contributed by atoms with van der Waals surface area (Å²) < 4.78 is 13.2. The molecule has 0 fully saturated rings. The average Bonchev–Trinajstić information content (AvgIpc) is 2.42. The lowest BCUT2D eigenvalue weighted by Gasteiger charge is -2.13. The number of amides is 1. The molecule has 4 heteroatoms. The third kappa shape index (κ3) is 3.20. The molecular weight excluding hydrogens is 273 g/mol. The maximum Gasteiger partial charge on any atom is 0.255 e. The number of carbonyl (C=O) groups excluding carboxylic acids is 1. The van der Waals surface area contributed by atoms with Crippen LogP contribution >= 0.6 is 12.6 Å². The first kappa shape index (κ1) is 14.6. The summed E-state index contributed by atoms with van der Waals surface area (Å²) in [6.07, 6.45) is 0. The van der Waals surface area contributed by atoms with Crippen molar-refractivity contribution < 1.29 is 9.18 Å². The molecule has 0 atom stereocenters. The predicted octanol–water partition coefficient (Wildman–Crippen LogP) is 4.49. The fourth-order valence-electron chi connectivity index (χ4n) is 1.96. The number of halogens is 1. The van der Waals surface area contributed by atoms with E-state index in [1.807, 2.05) is 24.3 Å². The van der Waals surface area contributed by atoms with E-state index in [1.54, 1.807) is 0 Å². The van der Waals surface area contributed by atoms with Crippen LogP contribution in [0.5, 0.6) is 0 Å². The van der Waals surface area contributed by atoms with Gasteiger partial charge in [-0.2, -0.15) is 0 Å². The molecule has 0 saturated heterocycles. The normalized spacial score (nSPS) is 10.7. The van der Waals surface area contributed by atoms with E-state index >= 15 is 0 Å². The van der Waals surface area contributed by atoms with Crippen molar-refractivity contribution in [3.8, 4) is 0 Å². The Hall–Kier alpha value is -1.81. The summed E-state index contributed by atoms with van der Waals surface area (Å²) in [6, 6.07) is 11.8. The van der Waals surface area contributed by atoms with Crippen LogP contribution in [0.4, 0.5) is 10.1 Å². The number of para-hydroxylation sites is 1. The summed E-state index contributed by atoms with van der Waals surface area (Å²) in [6.45, 7) is 4.13. The van der Waals surface area contributed by atoms with E-state index in [-0.39, 0.29) is 10.8 Å². The number of benzene rings is 2. The first-order valence-electron chi connectivity index (χ1n) is 6.38. The summed E-state index contributed by atoms with van der Waals surface area (Å²) in [7, 11) is 0. The highest BCUT2D eigenvalue weighted by Gasteiger charge is 2.12. The van der Waals surface area contributed by atoms with Crippen molar-refractivity contribution in [3.63, 3.8) is 0 Å². The third-order valence-electron chi connectivity index (χ3n) is 3.04. The van der Waals surface area contributed by atoms with Gasteiger partial charge in [-0.1, -0.05) is 32.0 Å². The number of nitrogens with one attached hydrogen (secondary N) is 1. The number of hydrogen-bond donors (Lipinski definition) is 2. The van der Waals surface area contributed by atoms with E-state index in [4.69, 9.17) is 0 Å². The lowest BCUT2D eigenvalue weighted by Crippen LogP contribution is -2.13. The number of thiol groups is 1. The van der Waals surface area contributed by atoms with Crippen LogP contribution < -0.4 is 5.32 Å². The summed E-state index contributed by atoms with van der Waals surface area (Å²) in [5.41, 5.74) is 2.22. The Kier molecular flexibility index (Phi) is 4.45. The molecule has 2 aromatic rings. The Bertz CT molecular complexity index is 640. The van der Waals surface area contributed by atoms with E-state index in [2.05, 4.69) is 31.8 Å². The quantitative estimate of drug-likeness (QED) is 0.801. The molecule has 2 rings (SSSR count). The molecule has 0 radical (unpaired) electrons. The Balaban J connectivity index is 2.26. The van der Waals surface area contributed by atoms with E-state index in [1.165, 1.54) is 18.2 Å². The van der Waals surface area contributed by atoms with Crippen molar-refractivity contribution in [2.24, 2.45) is 0 Å². The molecular formula is C16H16FNOS. The lowest BCUT2D eigenvalue weighted by atomic mass is 10.0. The average molecular weight is 289 g/mol. The molecule has 0 spiro atoms. The molecule has 0 saturated carbocycles. The van der Waals surface area contributed by atoms with Gasteiger partial charge in [0.2, 0.25) is 0 Å². The molecule has 0 unspecified atom stereocenters. The zero-order chi connectivity index (χ0) is 14.7. The van der Waals surface area contributed by atoms with E-state index in [0.717, 1.165) is 11.3 Å². The molecule has 104 valence electrons. The summed E-state index contributed by atoms with van der Waals surface area (Å²) in [4.78, 5) is 12.3. The second-order valence-electron chi connectivity index (χ2n) is 4.86. The Morgan fingerprint density at radius 2 is 1.90 bits per heavy atom. The standard InChI is InChI=1S/C16H16FNOS/c1-10(2)12-5-3-4-6-14(12)18-16(19)11-7-8-13(17)15(20)9-11/h3-10,20H,1-2H3,(H,18,19). The van der Waals surface area contributed by atoms with Crippen molar-refractivity contribution in [1.29, 1.82) is 0 Å². The molecule has 20 heavy (non-hydrogen) atoms. The second-order valence-corrected chi connectivity index (χ2v) is 5.34. The number of carbonyl (C=O) groups is 1. The minimum atomic E-state index is -0.438. The molecule has 0 aliphatic carbocycles. The zero-order valence-electron chi connectivity index (χ0n) is 11.4. The van der Waals surface area contributed by atoms with Gasteiger partial charge < -0.3 is 5.32 Å². The van der Waals surface area contributed by atoms with Crippen LogP contribution in [0.3, 0.4) is 0 Å². The SMILES string of the molecule is CC(C)c1ccccc1NC(=O)c1ccc(F)c(S)c1. The molecule has 0 heterocycles. The van der Waals surface area contributed by atoms with Gasteiger partial charge in [0.1, 0.15) is 5.82 Å². The monoisotopic (exact) mass is 289 g/mol. The molecule has 2 aromatic carbocycles. The lowest BCUT2D eigenvalue weighted by molar-refractivity contribution is 0.102. The Morgan fingerprint density at radius 3 is 2.55 bits per heavy atom. The fourth-order valence-corrected chi connectivity index (χ4v) is 2.18. The number of rotatable bonds is 3. The zero-order valence-corrected chi connectivity index (χ0v) is 12.2. The van der Waals surface area contributed by atoms with Gasteiger partial charge in [-0.05, 0) is 35.7 Å². The molecule has 0 aromatic heterocycles. The molecule has 1 N–H and O–H groups in total. The Labute approximate surface area is 123 Å². The van der Waals surface area contributed by atoms with Crippen LogP contribution in [0, 0.1) is 5.82 Å². The summed E-state index contributed by atoms with van der Waals surface area (Å²) in [5.74, 6) is -0.402. The van der Waals surface area contributed by atoms with E-state index in [9.17, 15) is 9.18 Å². The fraction of sp³-hybridized carbons (Fsp3) is 0.188. The van der Waals surface area contributed by atoms with Gasteiger partial charge in [0.05, 0.1) is 0 Å². The van der Waals surface area contributed by atoms with E-state index < -0.39 is 5.82 Å². The largest absolute Gasteiger partial charge is 0.322 e. The van der Waals surface area contributed by atoms with Crippen molar-refractivity contribution in [2.75, 3.05) is 5.32 Å². The highest BCUT2D eigenvalue weighted by Crippen LogP contribution is 2.24. The molecule has 2 nitrogen and oxygen atoms in total. The maximum absolute atomic E-state index is 13.2. The highest BCUT2D eigenvalue weighted by molar-refractivity contribution is 7.80. The minimum Gasteiger partial charge on any atom is -0.322 e. The first-order valence-corrected chi connectivity index (χ1v) is 6.82. The summed E-state index contributed by atoms with van der Waals surface area (Å²) in [5, 5.41) is 2.86. The van der Waals surface area contributed by atoms with Gasteiger partial charge in [-0.15, -0.1) is 12.6 Å². The molecule has 1 amide bonds. The van der Waals surface area contributed by atoms with Gasteiger partial charge in [0.25, 0.3) is 5.91 Å². The highest BCUT2D eigenvalue weighted by atomic mass is 32.1. The molecule has 0 aliphatic rings. The van der Waals surface area contributed by atoms with Gasteiger partial charge in [-0.25, -0.2) is 4.39 Å². The number of anilines is 1. The maximum atomic E-state index is 13.2. The Morgan fingerprint density at radius 1 is 1.20 bits per heavy atom. The smallest absolute Gasteiger partial charge is 0.255 e. The van der Waals surface area contributed by atoms with Crippen LogP contribution in [-0.4, -0.2) is 5.91 Å². The van der Waals surface area contributed by atoms with Crippen molar-refractivity contribution in [3.05, 3.63) is 59.4 Å². The van der Waals surface area contributed by atoms with Gasteiger partial charge in [-0.3, -0.25) is 4.79 Å². The molecule has 0 bridgehead atoms. The van der Waals surface area contributed by atoms with Crippen molar-refractivity contribution in [2.45, 2.75) is 24.7 Å². The van der Waals surface area contributed by atoms with Crippen LogP contribution in [0.1, 0.15) is 35.7 Å². The van der Waals surface area contributed by atoms with Gasteiger partial charge >= 0.3 is 0 Å². The van der Waals surface area contributed by atoms with Crippen LogP contribution in [0.2, 0.25) is 0 Å². The van der Waals surface area contributed by atoms with Crippen LogP contribution in [-0.2, 0) is 0 Å². The first-order chi connectivity index (χ1) is 9.49. The van der Waals surface area contributed by atoms with Gasteiger partial charge in [0.15, 0.2) is 0 Å². The minimum absolute atomic E-state index is 0.162. The second kappa shape index (κ2) is 6.09. The van der Waals surface area contributed by atoms with Crippen LogP contribution in [0.15, 0.2) is 47.4 Å². The van der Waals surface area contributed by atoms with Gasteiger partial charge in [0, 0.05) is 16.1 Å². The topological polar surface area (TPSA) is 29.1 Å². The van der Waals surface area contributed by atoms with Crippen molar-refractivity contribution in [1.82, 2.24) is 0 Å².